The van der Waals surface area contributed by atoms with Crippen LogP contribution >= 0.6 is 0 Å². The molecule has 0 aromatic rings. The van der Waals surface area contributed by atoms with Crippen molar-refractivity contribution in [1.29, 1.82) is 0 Å². The standard InChI is InChI=1S/C15H26O/c1-9-5-6-13-14(3,4)11-7-15(9,13)8-12(16)10(11)2/h9-13,16H,5-8H2,1-4H3/t9-,10-,11+,12?,13?,15-/m1/s1. The van der Waals surface area contributed by atoms with Crippen molar-refractivity contribution in [3.8, 4) is 0 Å². The molecule has 1 spiro atoms. The van der Waals surface area contributed by atoms with E-state index >= 15 is 0 Å². The summed E-state index contributed by atoms with van der Waals surface area (Å²) in [4.78, 5) is 0. The predicted molar refractivity (Wildman–Crippen MR) is 66.0 cm³/mol. The van der Waals surface area contributed by atoms with Gasteiger partial charge in [-0.05, 0) is 60.2 Å². The van der Waals surface area contributed by atoms with E-state index in [1.807, 2.05) is 0 Å². The van der Waals surface area contributed by atoms with Gasteiger partial charge in [0.05, 0.1) is 6.10 Å². The Bertz CT molecular complexity index is 309. The zero-order valence-electron chi connectivity index (χ0n) is 11.2. The van der Waals surface area contributed by atoms with Gasteiger partial charge in [0.15, 0.2) is 0 Å². The SMILES string of the molecule is C[C@@H]1CCC2C(C)(C)[C@H]3C[C@]21CC(O)[C@@H]3C. The van der Waals surface area contributed by atoms with E-state index in [9.17, 15) is 5.11 Å². The summed E-state index contributed by atoms with van der Waals surface area (Å²) < 4.78 is 0. The maximum Gasteiger partial charge on any atom is 0.0574 e. The summed E-state index contributed by atoms with van der Waals surface area (Å²) in [6.07, 6.45) is 5.24. The molecule has 0 radical (unpaired) electrons. The van der Waals surface area contributed by atoms with Crippen molar-refractivity contribution in [1.82, 2.24) is 0 Å². The smallest absolute Gasteiger partial charge is 0.0574 e. The first-order valence-corrected chi connectivity index (χ1v) is 7.07. The normalized spacial score (nSPS) is 58.7. The summed E-state index contributed by atoms with van der Waals surface area (Å²) in [5.41, 5.74) is 0.960. The molecule has 3 fully saturated rings. The highest BCUT2D eigenvalue weighted by molar-refractivity contribution is 5.15. The zero-order valence-corrected chi connectivity index (χ0v) is 11.2. The average molecular weight is 222 g/mol. The number of rotatable bonds is 0. The summed E-state index contributed by atoms with van der Waals surface area (Å²) in [5.74, 6) is 2.98. The first-order chi connectivity index (χ1) is 7.39. The lowest BCUT2D eigenvalue weighted by Crippen LogP contribution is -2.39. The maximum atomic E-state index is 10.4. The van der Waals surface area contributed by atoms with Gasteiger partial charge in [-0.2, -0.15) is 0 Å². The molecule has 0 heterocycles. The number of hydrogen-bond acceptors (Lipinski definition) is 1. The lowest BCUT2D eigenvalue weighted by molar-refractivity contribution is -0.0194. The monoisotopic (exact) mass is 222 g/mol. The molecular weight excluding hydrogens is 196 g/mol. The van der Waals surface area contributed by atoms with Crippen molar-refractivity contribution in [3.63, 3.8) is 0 Å². The molecule has 6 atom stereocenters. The second-order valence-corrected chi connectivity index (χ2v) is 7.53. The molecule has 1 N–H and O–H groups in total. The molecule has 0 aliphatic heterocycles. The second kappa shape index (κ2) is 3.04. The van der Waals surface area contributed by atoms with Gasteiger partial charge in [0.2, 0.25) is 0 Å². The number of fused-ring (bicyclic) bond motifs is 1. The first kappa shape index (κ1) is 11.1. The third kappa shape index (κ3) is 1.06. The molecule has 3 rings (SSSR count). The first-order valence-electron chi connectivity index (χ1n) is 7.07. The lowest BCUT2D eigenvalue weighted by atomic mass is 9.64. The van der Waals surface area contributed by atoms with E-state index in [1.54, 1.807) is 0 Å². The van der Waals surface area contributed by atoms with Gasteiger partial charge in [0.25, 0.3) is 0 Å². The Morgan fingerprint density at radius 1 is 1.06 bits per heavy atom. The minimum absolute atomic E-state index is 0.0384. The second-order valence-electron chi connectivity index (χ2n) is 7.53. The summed E-state index contributed by atoms with van der Waals surface area (Å²) in [5, 5.41) is 10.4. The van der Waals surface area contributed by atoms with Crippen LogP contribution in [0.3, 0.4) is 0 Å². The minimum atomic E-state index is -0.0384. The van der Waals surface area contributed by atoms with E-state index in [1.165, 1.54) is 19.3 Å². The Balaban J connectivity index is 2.06. The van der Waals surface area contributed by atoms with Gasteiger partial charge in [-0.1, -0.05) is 27.7 Å². The largest absolute Gasteiger partial charge is 0.393 e. The van der Waals surface area contributed by atoms with E-state index < -0.39 is 0 Å². The molecule has 2 unspecified atom stereocenters. The van der Waals surface area contributed by atoms with Crippen LogP contribution < -0.4 is 0 Å². The summed E-state index contributed by atoms with van der Waals surface area (Å²) in [7, 11) is 0. The van der Waals surface area contributed by atoms with Crippen LogP contribution in [0.15, 0.2) is 0 Å². The van der Waals surface area contributed by atoms with Crippen molar-refractivity contribution in [2.45, 2.75) is 59.5 Å². The van der Waals surface area contributed by atoms with Gasteiger partial charge in [-0.15, -0.1) is 0 Å². The summed E-state index contributed by atoms with van der Waals surface area (Å²) >= 11 is 0. The highest BCUT2D eigenvalue weighted by Crippen LogP contribution is 2.72. The molecule has 0 saturated heterocycles. The van der Waals surface area contributed by atoms with Crippen molar-refractivity contribution in [3.05, 3.63) is 0 Å². The lowest BCUT2D eigenvalue weighted by Gasteiger charge is -2.42. The summed E-state index contributed by atoms with van der Waals surface area (Å²) in [6, 6.07) is 0. The van der Waals surface area contributed by atoms with Crippen LogP contribution in [0.1, 0.15) is 53.4 Å². The van der Waals surface area contributed by atoms with Crippen LogP contribution in [0.25, 0.3) is 0 Å². The zero-order chi connectivity index (χ0) is 11.7. The third-order valence-electron chi connectivity index (χ3n) is 6.85. The molecule has 3 aliphatic carbocycles. The average Bonchev–Trinajstić information content (AvgIpc) is 2.59. The van der Waals surface area contributed by atoms with Crippen LogP contribution in [0, 0.1) is 34.5 Å². The van der Waals surface area contributed by atoms with E-state index in [4.69, 9.17) is 0 Å². The van der Waals surface area contributed by atoms with Crippen LogP contribution in [0.2, 0.25) is 0 Å². The predicted octanol–water partition coefficient (Wildman–Crippen LogP) is 3.47. The van der Waals surface area contributed by atoms with Crippen molar-refractivity contribution in [2.75, 3.05) is 0 Å². The summed E-state index contributed by atoms with van der Waals surface area (Å²) in [6.45, 7) is 9.64. The number of hydrogen-bond donors (Lipinski definition) is 1. The van der Waals surface area contributed by atoms with E-state index in [0.717, 1.165) is 24.2 Å². The molecule has 0 aromatic carbocycles. The highest BCUT2D eigenvalue weighted by atomic mass is 16.3. The fourth-order valence-electron chi connectivity index (χ4n) is 5.86. The van der Waals surface area contributed by atoms with Gasteiger partial charge in [-0.3, -0.25) is 0 Å². The van der Waals surface area contributed by atoms with Crippen LogP contribution in [-0.4, -0.2) is 11.2 Å². The van der Waals surface area contributed by atoms with Gasteiger partial charge in [0, 0.05) is 0 Å². The van der Waals surface area contributed by atoms with Gasteiger partial charge >= 0.3 is 0 Å². The number of aliphatic hydroxyl groups is 1. The molecule has 16 heavy (non-hydrogen) atoms. The highest BCUT2D eigenvalue weighted by Gasteiger charge is 2.66. The quantitative estimate of drug-likeness (QED) is 0.665. The molecule has 3 aliphatic rings. The van der Waals surface area contributed by atoms with Crippen LogP contribution in [0.4, 0.5) is 0 Å². The Morgan fingerprint density at radius 3 is 2.44 bits per heavy atom. The molecule has 3 saturated carbocycles. The van der Waals surface area contributed by atoms with Gasteiger partial charge < -0.3 is 5.11 Å². The molecule has 2 bridgehead atoms. The Hall–Kier alpha value is -0.0400. The van der Waals surface area contributed by atoms with Gasteiger partial charge in [-0.25, -0.2) is 0 Å². The fourth-order valence-corrected chi connectivity index (χ4v) is 5.86. The number of aliphatic hydroxyl groups excluding tert-OH is 1. The molecule has 1 heteroatoms. The molecular formula is C15H26O. The van der Waals surface area contributed by atoms with Crippen molar-refractivity contribution >= 4 is 0 Å². The molecule has 1 nitrogen and oxygen atoms in total. The maximum absolute atomic E-state index is 10.4. The van der Waals surface area contributed by atoms with E-state index in [0.29, 0.717) is 16.7 Å². The molecule has 0 aromatic heterocycles. The van der Waals surface area contributed by atoms with Crippen molar-refractivity contribution in [2.24, 2.45) is 34.5 Å². The third-order valence-corrected chi connectivity index (χ3v) is 6.85. The Kier molecular flexibility index (Phi) is 2.11. The van der Waals surface area contributed by atoms with Gasteiger partial charge in [0.1, 0.15) is 0 Å². The minimum Gasteiger partial charge on any atom is -0.393 e. The topological polar surface area (TPSA) is 20.2 Å². The van der Waals surface area contributed by atoms with Crippen LogP contribution in [-0.2, 0) is 0 Å². The molecule has 0 amide bonds. The van der Waals surface area contributed by atoms with E-state index in [-0.39, 0.29) is 6.10 Å². The van der Waals surface area contributed by atoms with Crippen molar-refractivity contribution < 1.29 is 5.11 Å². The van der Waals surface area contributed by atoms with Crippen LogP contribution in [0.5, 0.6) is 0 Å². The molecule has 92 valence electrons. The Morgan fingerprint density at radius 2 is 1.75 bits per heavy atom. The van der Waals surface area contributed by atoms with E-state index in [2.05, 4.69) is 27.7 Å². The Labute approximate surface area is 99.6 Å². The fraction of sp³-hybridized carbons (Fsp3) is 1.00.